The van der Waals surface area contributed by atoms with E-state index in [1.165, 1.54) is 5.56 Å². The normalized spacial score (nSPS) is 21.9. The second kappa shape index (κ2) is 11.0. The summed E-state index contributed by atoms with van der Waals surface area (Å²) in [5.41, 5.74) is 8.29. The summed E-state index contributed by atoms with van der Waals surface area (Å²) in [4.78, 5) is 6.89. The molecule has 0 amide bonds. The molecule has 3 N–H and O–H groups in total. The number of guanidine groups is 1. The van der Waals surface area contributed by atoms with Gasteiger partial charge in [0, 0.05) is 31.9 Å². The Bertz CT molecular complexity index is 540. The number of nitrogens with two attached hydrogens (primary N) is 1. The molecule has 1 fully saturated rings. The number of nitrogens with zero attached hydrogens (tertiary/aromatic N) is 2. The molecule has 0 aromatic heterocycles. The first-order valence-electron chi connectivity index (χ1n) is 8.98. The predicted molar refractivity (Wildman–Crippen MR) is 117 cm³/mol. The molecule has 0 bridgehead atoms. The standard InChI is InChI=1S/C19H32N4O.HI/c1-14(2)17-7-5-8-18(11-17)22-19(20)21-9-6-10-23-12-15(3)24-16(4)13-23;/h5,7-8,11,14-16H,6,9-10,12-13H2,1-4H3,(H3,20,21,22);1H. The van der Waals surface area contributed by atoms with Gasteiger partial charge in [0.25, 0.3) is 0 Å². The summed E-state index contributed by atoms with van der Waals surface area (Å²) < 4.78 is 5.75. The zero-order valence-electron chi connectivity index (χ0n) is 15.9. The molecular formula is C19H33IN4O. The Labute approximate surface area is 169 Å². The van der Waals surface area contributed by atoms with E-state index in [2.05, 4.69) is 55.0 Å². The lowest BCUT2D eigenvalue weighted by Crippen LogP contribution is -2.45. The molecule has 0 aliphatic carbocycles. The van der Waals surface area contributed by atoms with Crippen molar-refractivity contribution in [3.05, 3.63) is 29.8 Å². The van der Waals surface area contributed by atoms with Crippen LogP contribution in [0.4, 0.5) is 5.69 Å². The Morgan fingerprint density at radius 1 is 1.32 bits per heavy atom. The van der Waals surface area contributed by atoms with Gasteiger partial charge >= 0.3 is 0 Å². The maximum Gasteiger partial charge on any atom is 0.193 e. The van der Waals surface area contributed by atoms with Crippen LogP contribution in [0.5, 0.6) is 0 Å². The van der Waals surface area contributed by atoms with Gasteiger partial charge in [-0.3, -0.25) is 9.89 Å². The molecule has 2 unspecified atom stereocenters. The van der Waals surface area contributed by atoms with Gasteiger partial charge in [-0.05, 0) is 43.9 Å². The Morgan fingerprint density at radius 2 is 2.00 bits per heavy atom. The monoisotopic (exact) mass is 460 g/mol. The first-order valence-corrected chi connectivity index (χ1v) is 8.98. The van der Waals surface area contributed by atoms with Gasteiger partial charge in [0.05, 0.1) is 12.2 Å². The smallest absolute Gasteiger partial charge is 0.193 e. The van der Waals surface area contributed by atoms with Gasteiger partial charge in [-0.2, -0.15) is 0 Å². The van der Waals surface area contributed by atoms with Crippen LogP contribution in [0.1, 0.15) is 45.6 Å². The Kier molecular flexibility index (Phi) is 9.74. The van der Waals surface area contributed by atoms with Gasteiger partial charge < -0.3 is 15.8 Å². The van der Waals surface area contributed by atoms with Crippen molar-refractivity contribution in [2.45, 2.75) is 52.2 Å². The number of hydrogen-bond acceptors (Lipinski definition) is 3. The van der Waals surface area contributed by atoms with Crippen LogP contribution in [-0.4, -0.2) is 49.2 Å². The number of nitrogens with one attached hydrogen (secondary N) is 1. The van der Waals surface area contributed by atoms with Gasteiger partial charge in [0.15, 0.2) is 5.96 Å². The van der Waals surface area contributed by atoms with Crippen molar-refractivity contribution >= 4 is 35.6 Å². The van der Waals surface area contributed by atoms with Gasteiger partial charge in [0.2, 0.25) is 0 Å². The third kappa shape index (κ3) is 7.92. The van der Waals surface area contributed by atoms with Crippen molar-refractivity contribution in [1.29, 1.82) is 0 Å². The largest absolute Gasteiger partial charge is 0.373 e. The van der Waals surface area contributed by atoms with E-state index in [0.717, 1.165) is 38.3 Å². The summed E-state index contributed by atoms with van der Waals surface area (Å²) in [5, 5.41) is 3.18. The zero-order chi connectivity index (χ0) is 17.5. The molecule has 0 saturated carbocycles. The average molecular weight is 460 g/mol. The highest BCUT2D eigenvalue weighted by molar-refractivity contribution is 14.0. The maximum absolute atomic E-state index is 6.00. The minimum Gasteiger partial charge on any atom is -0.373 e. The molecule has 1 aliphatic rings. The van der Waals surface area contributed by atoms with Crippen LogP contribution in [0, 0.1) is 0 Å². The number of morpholine rings is 1. The van der Waals surface area contributed by atoms with Crippen LogP contribution in [0.15, 0.2) is 29.3 Å². The number of benzene rings is 1. The van der Waals surface area contributed by atoms with Crippen LogP contribution < -0.4 is 11.1 Å². The number of anilines is 1. The number of hydrogen-bond donors (Lipinski definition) is 2. The Balaban J connectivity index is 0.00000312. The first-order chi connectivity index (χ1) is 11.4. The van der Waals surface area contributed by atoms with Crippen LogP contribution in [-0.2, 0) is 4.74 Å². The van der Waals surface area contributed by atoms with Gasteiger partial charge in [-0.15, -0.1) is 24.0 Å². The van der Waals surface area contributed by atoms with E-state index in [1.807, 2.05) is 12.1 Å². The topological polar surface area (TPSA) is 62.9 Å². The van der Waals surface area contributed by atoms with E-state index in [-0.39, 0.29) is 24.0 Å². The number of rotatable bonds is 6. The summed E-state index contributed by atoms with van der Waals surface area (Å²) in [6.45, 7) is 12.4. The van der Waals surface area contributed by atoms with E-state index < -0.39 is 0 Å². The maximum atomic E-state index is 6.00. The molecule has 0 radical (unpaired) electrons. The molecule has 1 aliphatic heterocycles. The summed E-state index contributed by atoms with van der Waals surface area (Å²) >= 11 is 0. The van der Waals surface area contributed by atoms with Crippen LogP contribution in [0.25, 0.3) is 0 Å². The molecule has 2 rings (SSSR count). The third-order valence-corrected chi connectivity index (χ3v) is 4.24. The summed E-state index contributed by atoms with van der Waals surface area (Å²) in [7, 11) is 0. The molecule has 6 heteroatoms. The molecule has 0 spiro atoms. The number of halogens is 1. The molecule has 142 valence electrons. The quantitative estimate of drug-likeness (QED) is 0.295. The Hall–Kier alpha value is -0.860. The molecular weight excluding hydrogens is 427 g/mol. The summed E-state index contributed by atoms with van der Waals surface area (Å²) in [6, 6.07) is 8.33. The van der Waals surface area contributed by atoms with E-state index in [4.69, 9.17) is 10.5 Å². The van der Waals surface area contributed by atoms with Crippen molar-refractivity contribution < 1.29 is 4.74 Å². The predicted octanol–water partition coefficient (Wildman–Crippen LogP) is 3.65. The summed E-state index contributed by atoms with van der Waals surface area (Å²) in [6.07, 6.45) is 1.64. The van der Waals surface area contributed by atoms with Gasteiger partial charge in [-0.25, -0.2) is 0 Å². The fraction of sp³-hybridized carbons (Fsp3) is 0.632. The van der Waals surface area contributed by atoms with E-state index in [0.29, 0.717) is 24.1 Å². The van der Waals surface area contributed by atoms with Crippen LogP contribution in [0.2, 0.25) is 0 Å². The number of aliphatic imine (C=N–C) groups is 1. The third-order valence-electron chi connectivity index (χ3n) is 4.24. The molecule has 5 nitrogen and oxygen atoms in total. The van der Waals surface area contributed by atoms with Crippen molar-refractivity contribution in [3.8, 4) is 0 Å². The van der Waals surface area contributed by atoms with E-state index in [9.17, 15) is 0 Å². The van der Waals surface area contributed by atoms with Gasteiger partial charge in [-0.1, -0.05) is 26.0 Å². The van der Waals surface area contributed by atoms with Crippen molar-refractivity contribution in [2.24, 2.45) is 10.7 Å². The lowest BCUT2D eigenvalue weighted by molar-refractivity contribution is -0.0679. The SMILES string of the molecule is CC1CN(CCCN=C(N)Nc2cccc(C(C)C)c2)CC(C)O1.I. The second-order valence-corrected chi connectivity index (χ2v) is 7.04. The molecule has 1 aromatic rings. The van der Waals surface area contributed by atoms with Crippen LogP contribution >= 0.6 is 24.0 Å². The molecule has 1 aromatic carbocycles. The highest BCUT2D eigenvalue weighted by Gasteiger charge is 2.21. The zero-order valence-corrected chi connectivity index (χ0v) is 18.2. The molecule has 25 heavy (non-hydrogen) atoms. The lowest BCUT2D eigenvalue weighted by Gasteiger charge is -2.35. The Morgan fingerprint density at radius 3 is 2.64 bits per heavy atom. The van der Waals surface area contributed by atoms with E-state index in [1.54, 1.807) is 0 Å². The van der Waals surface area contributed by atoms with Crippen LogP contribution in [0.3, 0.4) is 0 Å². The van der Waals surface area contributed by atoms with Crippen molar-refractivity contribution in [2.75, 3.05) is 31.5 Å². The average Bonchev–Trinajstić information content (AvgIpc) is 2.51. The summed E-state index contributed by atoms with van der Waals surface area (Å²) in [5.74, 6) is 0.989. The van der Waals surface area contributed by atoms with Crippen molar-refractivity contribution in [3.63, 3.8) is 0 Å². The highest BCUT2D eigenvalue weighted by atomic mass is 127. The second-order valence-electron chi connectivity index (χ2n) is 7.04. The minimum absolute atomic E-state index is 0. The van der Waals surface area contributed by atoms with E-state index >= 15 is 0 Å². The number of ether oxygens (including phenoxy) is 1. The molecule has 2 atom stereocenters. The molecule has 1 saturated heterocycles. The fourth-order valence-corrected chi connectivity index (χ4v) is 3.12. The lowest BCUT2D eigenvalue weighted by atomic mass is 10.0. The van der Waals surface area contributed by atoms with Gasteiger partial charge in [0.1, 0.15) is 0 Å². The highest BCUT2D eigenvalue weighted by Crippen LogP contribution is 2.18. The first kappa shape index (κ1) is 22.2. The minimum atomic E-state index is 0. The van der Waals surface area contributed by atoms with Crippen molar-refractivity contribution in [1.82, 2.24) is 4.90 Å². The molecule has 1 heterocycles. The fourth-order valence-electron chi connectivity index (χ4n) is 3.12.